The molecule has 0 radical (unpaired) electrons. The molecule has 81 heavy (non-hydrogen) atoms. The zero-order valence-corrected chi connectivity index (χ0v) is 47.0. The standard InChI is InChI=1S/C48H91N21O12/c1-25(61-37(72)26(2)63-43(78)34-18-12-24-69(34)44(79)35(51)28(4)70)36(71)62-27(3)38(73)64-31(15-9-21-58-46(52)53)40(75)67-32(16-10-22-59-47(54)55)41(76)65-29(13-5-7-19-49)39(74)66-30(14-6-8-20-50)42(77)68-33(45(80)81)17-11-23-60-48(56)57/h25-35,70H,5-24,49-51H2,1-4H3,(H,61,72)(H,62,71)(H,63,78)(H,64,73)(H,65,76)(H,66,74)(H,67,75)(H,68,77)(H,80,81)(H4,52,53,58)(H4,54,55,59)(H4,56,57,60)/t25-,26-,27-,28+,29-,30-,31-,32-,33-,34-,35-/m0/s1. The minimum Gasteiger partial charge on any atom is -0.480 e. The lowest BCUT2D eigenvalue weighted by atomic mass is 10.0. The Bertz CT molecular complexity index is 2170. The highest BCUT2D eigenvalue weighted by Gasteiger charge is 2.39. The second-order valence-corrected chi connectivity index (χ2v) is 19.7. The zero-order valence-electron chi connectivity index (χ0n) is 47.0. The fourth-order valence-electron chi connectivity index (χ4n) is 8.10. The van der Waals surface area contributed by atoms with E-state index in [0.717, 1.165) is 0 Å². The quantitative estimate of drug-likeness (QED) is 0.0154. The molecule has 0 aromatic rings. The van der Waals surface area contributed by atoms with Gasteiger partial charge < -0.3 is 109 Å². The summed E-state index contributed by atoms with van der Waals surface area (Å²) in [5.74, 6) is -9.13. The second kappa shape index (κ2) is 38.1. The molecule has 28 N–H and O–H groups in total. The van der Waals surface area contributed by atoms with Crippen LogP contribution in [0, 0.1) is 0 Å². The number of guanidine groups is 3. The molecule has 1 fully saturated rings. The highest BCUT2D eigenvalue weighted by Crippen LogP contribution is 2.19. The molecule has 0 aromatic heterocycles. The van der Waals surface area contributed by atoms with Crippen molar-refractivity contribution in [1.29, 1.82) is 0 Å². The van der Waals surface area contributed by atoms with Gasteiger partial charge in [0.05, 0.1) is 6.10 Å². The molecule has 0 aliphatic carbocycles. The molecule has 1 rings (SSSR count). The van der Waals surface area contributed by atoms with Crippen LogP contribution in [0.2, 0.25) is 0 Å². The Hall–Kier alpha value is -7.65. The molecule has 1 aliphatic rings. The number of carboxylic acids is 1. The monoisotopic (exact) mass is 1150 g/mol. The summed E-state index contributed by atoms with van der Waals surface area (Å²) in [6.45, 7) is 6.18. The highest BCUT2D eigenvalue weighted by molar-refractivity contribution is 5.98. The summed E-state index contributed by atoms with van der Waals surface area (Å²) in [7, 11) is 0. The van der Waals surface area contributed by atoms with Gasteiger partial charge in [0, 0.05) is 26.2 Å². The van der Waals surface area contributed by atoms with E-state index in [1.165, 1.54) is 32.6 Å². The van der Waals surface area contributed by atoms with Crippen molar-refractivity contribution in [2.24, 2.45) is 66.6 Å². The normalized spacial score (nSPS) is 16.5. The number of amides is 9. The number of aliphatic imine (C=N–C) groups is 3. The molecule has 0 bridgehead atoms. The molecular weight excluding hydrogens is 1060 g/mol. The number of carbonyl (C=O) groups excluding carboxylic acids is 9. The number of hydrogen-bond acceptors (Lipinski definition) is 17. The zero-order chi connectivity index (χ0) is 61.4. The van der Waals surface area contributed by atoms with Gasteiger partial charge in [-0.2, -0.15) is 0 Å². The van der Waals surface area contributed by atoms with Crippen LogP contribution < -0.4 is 94.1 Å². The van der Waals surface area contributed by atoms with Gasteiger partial charge in [-0.25, -0.2) is 4.79 Å². The summed E-state index contributed by atoms with van der Waals surface area (Å²) < 4.78 is 0. The molecule has 460 valence electrons. The van der Waals surface area contributed by atoms with Crippen LogP contribution >= 0.6 is 0 Å². The summed E-state index contributed by atoms with van der Waals surface area (Å²) in [5, 5.41) is 40.1. The minimum atomic E-state index is -1.41. The van der Waals surface area contributed by atoms with Crippen molar-refractivity contribution in [1.82, 2.24) is 47.4 Å². The number of likely N-dealkylation sites (tertiary alicyclic amines) is 1. The topological polar surface area (TPSA) is 582 Å². The number of nitrogens with one attached hydrogen (secondary N) is 8. The van der Waals surface area contributed by atoms with Gasteiger partial charge in [0.2, 0.25) is 53.2 Å². The van der Waals surface area contributed by atoms with Crippen LogP contribution in [0.3, 0.4) is 0 Å². The van der Waals surface area contributed by atoms with Crippen LogP contribution in [0.1, 0.15) is 118 Å². The Labute approximate surface area is 471 Å². The lowest BCUT2D eigenvalue weighted by molar-refractivity contribution is -0.142. The predicted molar refractivity (Wildman–Crippen MR) is 300 cm³/mol. The summed E-state index contributed by atoms with van der Waals surface area (Å²) in [4.78, 5) is 147. The summed E-state index contributed by atoms with van der Waals surface area (Å²) in [6, 6.07) is -12.7. The number of unbranched alkanes of at least 4 members (excludes halogenated alkanes) is 2. The van der Waals surface area contributed by atoms with Crippen molar-refractivity contribution in [2.75, 3.05) is 39.3 Å². The third-order valence-electron chi connectivity index (χ3n) is 12.8. The van der Waals surface area contributed by atoms with E-state index in [1.807, 2.05) is 0 Å². The van der Waals surface area contributed by atoms with Gasteiger partial charge in [-0.1, -0.05) is 0 Å². The SMILES string of the molecule is C[C@H](NC(=O)[C@H](C)NC(=O)[C@@H]1CCCN1C(=O)[C@@H](N)[C@@H](C)O)C(=O)N[C@@H](C)C(=O)N[C@@H](CCCN=C(N)N)C(=O)N[C@@H](CCCN=C(N)N)C(=O)N[C@@H](CCCCN)C(=O)N[C@@H](CCCCN)C(=O)N[C@@H](CCCN=C(N)N)C(=O)O. The first-order chi connectivity index (χ1) is 38.1. The van der Waals surface area contributed by atoms with Crippen molar-refractivity contribution in [3.63, 3.8) is 0 Å². The first kappa shape index (κ1) is 71.4. The molecule has 9 amide bonds. The van der Waals surface area contributed by atoms with Gasteiger partial charge in [0.25, 0.3) is 0 Å². The Morgan fingerprint density at radius 3 is 1.15 bits per heavy atom. The van der Waals surface area contributed by atoms with Crippen molar-refractivity contribution in [2.45, 2.75) is 184 Å². The summed E-state index contributed by atoms with van der Waals surface area (Å²) >= 11 is 0. The van der Waals surface area contributed by atoms with Crippen LogP contribution in [0.4, 0.5) is 0 Å². The molecule has 0 aromatic carbocycles. The maximum Gasteiger partial charge on any atom is 0.326 e. The number of nitrogens with two attached hydrogens (primary N) is 9. The first-order valence-electron chi connectivity index (χ1n) is 27.1. The van der Waals surface area contributed by atoms with E-state index in [4.69, 9.17) is 51.6 Å². The number of carboxylic acid groups (broad SMARTS) is 1. The molecule has 11 atom stereocenters. The van der Waals surface area contributed by atoms with E-state index in [9.17, 15) is 58.2 Å². The fraction of sp³-hybridized carbons (Fsp3) is 0.729. The van der Waals surface area contributed by atoms with Gasteiger partial charge >= 0.3 is 5.97 Å². The summed E-state index contributed by atoms with van der Waals surface area (Å²) in [5.41, 5.74) is 50.0. The van der Waals surface area contributed by atoms with Gasteiger partial charge in [0.15, 0.2) is 17.9 Å². The van der Waals surface area contributed by atoms with E-state index >= 15 is 0 Å². The van der Waals surface area contributed by atoms with Crippen LogP contribution in [-0.4, -0.2) is 198 Å². The van der Waals surface area contributed by atoms with E-state index < -0.39 is 126 Å². The Morgan fingerprint density at radius 2 is 0.802 bits per heavy atom. The number of aliphatic hydroxyl groups excluding tert-OH is 1. The number of aliphatic carboxylic acids is 1. The maximum atomic E-state index is 14.3. The van der Waals surface area contributed by atoms with E-state index in [2.05, 4.69) is 57.5 Å². The number of nitrogens with zero attached hydrogens (tertiary/aromatic N) is 4. The van der Waals surface area contributed by atoms with Gasteiger partial charge in [-0.15, -0.1) is 0 Å². The largest absolute Gasteiger partial charge is 0.480 e. The Balaban J connectivity index is 3.36. The number of rotatable bonds is 39. The second-order valence-electron chi connectivity index (χ2n) is 19.7. The molecule has 33 nitrogen and oxygen atoms in total. The van der Waals surface area contributed by atoms with Crippen molar-refractivity contribution < 1.29 is 58.2 Å². The molecule has 1 heterocycles. The van der Waals surface area contributed by atoms with Gasteiger partial charge in [-0.05, 0) is 131 Å². The third kappa shape index (κ3) is 27.9. The maximum absolute atomic E-state index is 14.3. The predicted octanol–water partition coefficient (Wildman–Crippen LogP) is -7.87. The van der Waals surface area contributed by atoms with Crippen LogP contribution in [0.25, 0.3) is 0 Å². The minimum absolute atomic E-state index is 0.0124. The third-order valence-corrected chi connectivity index (χ3v) is 12.8. The van der Waals surface area contributed by atoms with Crippen molar-refractivity contribution in [3.8, 4) is 0 Å². The highest BCUT2D eigenvalue weighted by atomic mass is 16.4. The van der Waals surface area contributed by atoms with Crippen LogP contribution in [0.15, 0.2) is 15.0 Å². The molecule has 33 heteroatoms. The number of aliphatic hydroxyl groups is 1. The molecule has 1 aliphatic heterocycles. The molecular formula is C48H91N21O12. The van der Waals surface area contributed by atoms with E-state index in [0.29, 0.717) is 32.1 Å². The smallest absolute Gasteiger partial charge is 0.326 e. The molecule has 0 unspecified atom stereocenters. The fourth-order valence-corrected chi connectivity index (χ4v) is 8.10. The van der Waals surface area contributed by atoms with Crippen LogP contribution in [-0.2, 0) is 47.9 Å². The Kier molecular flexibility index (Phi) is 33.5. The lowest BCUT2D eigenvalue weighted by Gasteiger charge is -2.28. The average molecular weight is 1150 g/mol. The molecule has 0 spiro atoms. The number of hydrogen-bond donors (Lipinski definition) is 19. The Morgan fingerprint density at radius 1 is 0.481 bits per heavy atom. The van der Waals surface area contributed by atoms with Crippen LogP contribution in [0.5, 0.6) is 0 Å². The average Bonchev–Trinajstić information content (AvgIpc) is 3.91. The first-order valence-corrected chi connectivity index (χ1v) is 27.1. The summed E-state index contributed by atoms with van der Waals surface area (Å²) in [6.07, 6.45) is 1.41. The lowest BCUT2D eigenvalue weighted by Crippen LogP contribution is -2.60. The van der Waals surface area contributed by atoms with Crippen molar-refractivity contribution in [3.05, 3.63) is 0 Å². The van der Waals surface area contributed by atoms with E-state index in [1.54, 1.807) is 0 Å². The molecule has 0 saturated carbocycles. The van der Waals surface area contributed by atoms with Gasteiger partial charge in [-0.3, -0.25) is 58.1 Å². The molecule has 1 saturated heterocycles. The number of carbonyl (C=O) groups is 10. The van der Waals surface area contributed by atoms with Gasteiger partial charge in [0.1, 0.15) is 60.4 Å². The van der Waals surface area contributed by atoms with Crippen molar-refractivity contribution >= 4 is 77.0 Å². The van der Waals surface area contributed by atoms with E-state index in [-0.39, 0.29) is 115 Å².